The van der Waals surface area contributed by atoms with Crippen LogP contribution in [0.1, 0.15) is 24.0 Å². The number of benzene rings is 2. The molecule has 4 rings (SSSR count). The molecule has 0 aliphatic heterocycles. The van der Waals surface area contributed by atoms with Gasteiger partial charge in [0.05, 0.1) is 21.0 Å². The molecule has 0 heterocycles. The summed E-state index contributed by atoms with van der Waals surface area (Å²) in [6, 6.07) is 9.09. The van der Waals surface area contributed by atoms with Crippen LogP contribution >= 0.6 is 31.9 Å². The second-order valence-electron chi connectivity index (χ2n) is 7.07. The van der Waals surface area contributed by atoms with Crippen molar-refractivity contribution in [2.75, 3.05) is 13.1 Å². The second-order valence-corrected chi connectivity index (χ2v) is 10.7. The smallest absolute Gasteiger partial charge is 0.207 e. The number of rotatable bonds is 5. The summed E-state index contributed by atoms with van der Waals surface area (Å²) < 4.78 is 43.3. The van der Waals surface area contributed by atoms with Gasteiger partial charge < -0.3 is 4.74 Å². The van der Waals surface area contributed by atoms with E-state index in [9.17, 15) is 12.8 Å². The average Bonchev–Trinajstić information content (AvgIpc) is 3.32. The van der Waals surface area contributed by atoms with E-state index in [1.54, 1.807) is 19.2 Å². The van der Waals surface area contributed by atoms with Gasteiger partial charge in [0.2, 0.25) is 9.84 Å². The van der Waals surface area contributed by atoms with Gasteiger partial charge >= 0.3 is 0 Å². The number of alkyl halides is 1. The molecule has 0 unspecified atom stereocenters. The highest BCUT2D eigenvalue weighted by molar-refractivity contribution is 9.11. The fourth-order valence-corrected chi connectivity index (χ4v) is 5.68. The molecule has 7 heteroatoms. The maximum atomic E-state index is 12.8. The number of hydrogen-bond donors (Lipinski definition) is 0. The van der Waals surface area contributed by atoms with Crippen molar-refractivity contribution >= 4 is 52.8 Å². The fourth-order valence-electron chi connectivity index (χ4n) is 3.50. The van der Waals surface area contributed by atoms with Crippen molar-refractivity contribution in [2.45, 2.75) is 17.7 Å². The molecule has 0 radical (unpaired) electrons. The summed E-state index contributed by atoms with van der Waals surface area (Å²) in [4.78, 5) is -0.000974. The monoisotopic (exact) mass is 526 g/mol. The molecular weight excluding hydrogens is 511 g/mol. The van der Waals surface area contributed by atoms with Crippen molar-refractivity contribution in [1.82, 2.24) is 0 Å². The van der Waals surface area contributed by atoms with E-state index in [-0.39, 0.29) is 10.3 Å². The lowest BCUT2D eigenvalue weighted by Crippen LogP contribution is -2.02. The van der Waals surface area contributed by atoms with Crippen molar-refractivity contribution in [2.24, 2.45) is 5.41 Å². The third-order valence-electron chi connectivity index (χ3n) is 5.16. The lowest BCUT2D eigenvalue weighted by molar-refractivity contribution is 0.409. The van der Waals surface area contributed by atoms with Crippen LogP contribution in [-0.2, 0) is 9.84 Å². The Morgan fingerprint density at radius 3 is 2.00 bits per heavy atom. The Morgan fingerprint density at radius 2 is 1.54 bits per heavy atom. The molecule has 1 saturated carbocycles. The Morgan fingerprint density at radius 1 is 1.00 bits per heavy atom. The Hall–Kier alpha value is -1.44. The molecule has 2 aliphatic rings. The first-order valence-corrected chi connectivity index (χ1v) is 11.9. The van der Waals surface area contributed by atoms with Crippen molar-refractivity contribution in [1.29, 1.82) is 0 Å². The molecule has 0 N–H and O–H groups in total. The third-order valence-corrected chi connectivity index (χ3v) is 7.62. The van der Waals surface area contributed by atoms with Gasteiger partial charge in [-0.2, -0.15) is 0 Å². The second kappa shape index (κ2) is 7.11. The molecule has 2 aliphatic carbocycles. The summed E-state index contributed by atoms with van der Waals surface area (Å²) in [7, 11) is -2.24. The van der Waals surface area contributed by atoms with Crippen molar-refractivity contribution in [3.63, 3.8) is 0 Å². The largest absolute Gasteiger partial charge is 0.494 e. The van der Waals surface area contributed by atoms with Crippen LogP contribution in [0.3, 0.4) is 0 Å². The third kappa shape index (κ3) is 3.48. The first-order valence-electron chi connectivity index (χ1n) is 8.67. The molecule has 0 amide bonds. The zero-order valence-corrected chi connectivity index (χ0v) is 19.0. The van der Waals surface area contributed by atoms with Gasteiger partial charge in [-0.25, -0.2) is 12.8 Å². The topological polar surface area (TPSA) is 43.4 Å². The predicted octanol–water partition coefficient (Wildman–Crippen LogP) is 6.18. The molecule has 0 atom stereocenters. The summed E-state index contributed by atoms with van der Waals surface area (Å²) in [5, 5.41) is 0. The zero-order chi connectivity index (χ0) is 20.1. The van der Waals surface area contributed by atoms with E-state index in [1.807, 2.05) is 12.1 Å². The normalized spacial score (nSPS) is 17.4. The molecule has 1 spiro atoms. The molecule has 3 nitrogen and oxygen atoms in total. The van der Waals surface area contributed by atoms with Gasteiger partial charge in [0.1, 0.15) is 5.75 Å². The van der Waals surface area contributed by atoms with Gasteiger partial charge in [-0.1, -0.05) is 24.3 Å². The highest BCUT2D eigenvalue weighted by atomic mass is 79.9. The minimum atomic E-state index is -3.86. The average molecular weight is 528 g/mol. The Labute approximate surface area is 180 Å². The first-order chi connectivity index (χ1) is 13.3. The van der Waals surface area contributed by atoms with Crippen LogP contribution in [0.4, 0.5) is 4.39 Å². The quantitative estimate of drug-likeness (QED) is 0.466. The van der Waals surface area contributed by atoms with E-state index in [0.29, 0.717) is 0 Å². The molecule has 28 heavy (non-hydrogen) atoms. The molecule has 2 aromatic rings. The summed E-state index contributed by atoms with van der Waals surface area (Å²) >= 11 is 7.12. The standard InChI is InChI=1S/C21H17Br2FO3S/c1-27-20-18(22)8-14(9-19(20)23)17-11-21(6-7-21)10-16(17)13-2-4-15(5-3-13)28(25,26)12-24/h2-5,8-11H,6-7,12H2,1H3. The molecule has 1 fully saturated rings. The Kier molecular flexibility index (Phi) is 5.04. The maximum absolute atomic E-state index is 12.8. The van der Waals surface area contributed by atoms with Gasteiger partial charge in [0.15, 0.2) is 6.01 Å². The van der Waals surface area contributed by atoms with Gasteiger partial charge in [0, 0.05) is 5.41 Å². The number of ether oxygens (including phenoxy) is 1. The maximum Gasteiger partial charge on any atom is 0.207 e. The molecule has 146 valence electrons. The van der Waals surface area contributed by atoms with E-state index in [0.717, 1.165) is 49.8 Å². The molecule has 0 bridgehead atoms. The number of allylic oxidation sites excluding steroid dienone is 4. The molecule has 0 aromatic heterocycles. The van der Waals surface area contributed by atoms with Gasteiger partial charge in [-0.05, 0) is 91.2 Å². The van der Waals surface area contributed by atoms with Crippen LogP contribution in [0.15, 0.2) is 62.4 Å². The first kappa shape index (κ1) is 19.9. The predicted molar refractivity (Wildman–Crippen MR) is 116 cm³/mol. The van der Waals surface area contributed by atoms with Crippen LogP contribution in [-0.4, -0.2) is 21.5 Å². The van der Waals surface area contributed by atoms with E-state index in [2.05, 4.69) is 44.0 Å². The lowest BCUT2D eigenvalue weighted by Gasteiger charge is -2.13. The van der Waals surface area contributed by atoms with Crippen molar-refractivity contribution in [3.05, 3.63) is 68.6 Å². The van der Waals surface area contributed by atoms with Gasteiger partial charge in [0.25, 0.3) is 0 Å². The summed E-state index contributed by atoms with van der Waals surface area (Å²) in [6.45, 7) is 0. The number of sulfone groups is 1. The van der Waals surface area contributed by atoms with Gasteiger partial charge in [-0.15, -0.1) is 0 Å². The van der Waals surface area contributed by atoms with E-state index < -0.39 is 15.8 Å². The minimum absolute atomic E-state index is 0.000974. The fraction of sp³-hybridized carbons (Fsp3) is 0.238. The summed E-state index contributed by atoms with van der Waals surface area (Å²) in [5.74, 6) is 0.731. The number of methoxy groups -OCH3 is 1. The van der Waals surface area contributed by atoms with Crippen molar-refractivity contribution < 1.29 is 17.5 Å². The van der Waals surface area contributed by atoms with Crippen LogP contribution in [0.25, 0.3) is 11.1 Å². The van der Waals surface area contributed by atoms with Gasteiger partial charge in [-0.3, -0.25) is 0 Å². The highest BCUT2D eigenvalue weighted by Gasteiger charge is 2.43. The van der Waals surface area contributed by atoms with Crippen LogP contribution in [0, 0.1) is 5.41 Å². The SMILES string of the molecule is COc1c(Br)cc(C2=CC3(C=C2c2ccc(S(=O)(=O)CF)cc2)CC3)cc1Br. The van der Waals surface area contributed by atoms with E-state index in [4.69, 9.17) is 4.74 Å². The van der Waals surface area contributed by atoms with E-state index in [1.165, 1.54) is 12.1 Å². The molecular formula is C21H17Br2FO3S. The van der Waals surface area contributed by atoms with Crippen molar-refractivity contribution in [3.8, 4) is 5.75 Å². The van der Waals surface area contributed by atoms with Crippen LogP contribution in [0.2, 0.25) is 0 Å². The van der Waals surface area contributed by atoms with Crippen LogP contribution in [0.5, 0.6) is 5.75 Å². The molecule has 2 aromatic carbocycles. The van der Waals surface area contributed by atoms with Crippen LogP contribution < -0.4 is 4.74 Å². The minimum Gasteiger partial charge on any atom is -0.494 e. The Bertz CT molecular complexity index is 1090. The number of hydrogen-bond acceptors (Lipinski definition) is 3. The lowest BCUT2D eigenvalue weighted by atomic mass is 9.95. The zero-order valence-electron chi connectivity index (χ0n) is 15.0. The number of halogens is 3. The highest BCUT2D eigenvalue weighted by Crippen LogP contribution is 2.58. The Balaban J connectivity index is 1.77. The van der Waals surface area contributed by atoms with E-state index >= 15 is 0 Å². The molecule has 0 saturated heterocycles. The summed E-state index contributed by atoms with van der Waals surface area (Å²) in [5.41, 5.74) is 4.20. The summed E-state index contributed by atoms with van der Waals surface area (Å²) in [6.07, 6.45) is 6.75.